The standard InChI is InChI=1S/C12H11ClO3S/c13-11-4-2-1-3-9(11)5-6-10-7-17(15,16)8-12(10)14/h1-4,10,12,14H,7-8H2/t10-,12-/m1/s1. The third kappa shape index (κ3) is 3.01. The molecule has 1 heterocycles. The molecular formula is C12H11ClO3S. The van der Waals surface area contributed by atoms with Crippen LogP contribution in [0.15, 0.2) is 24.3 Å². The van der Waals surface area contributed by atoms with Crippen LogP contribution in [-0.4, -0.2) is 31.1 Å². The van der Waals surface area contributed by atoms with Gasteiger partial charge in [-0.25, -0.2) is 8.42 Å². The van der Waals surface area contributed by atoms with E-state index in [4.69, 9.17) is 11.6 Å². The molecule has 0 unspecified atom stereocenters. The SMILES string of the molecule is O=S1(=O)C[C@@H](O)[C@H](C#Cc2ccccc2Cl)C1. The monoisotopic (exact) mass is 270 g/mol. The van der Waals surface area contributed by atoms with Gasteiger partial charge in [0.25, 0.3) is 0 Å². The Morgan fingerprint density at radius 3 is 2.59 bits per heavy atom. The third-order valence-electron chi connectivity index (χ3n) is 2.59. The second kappa shape index (κ2) is 4.69. The van der Waals surface area contributed by atoms with Crippen LogP contribution in [0.5, 0.6) is 0 Å². The summed E-state index contributed by atoms with van der Waals surface area (Å²) in [5, 5.41) is 10.1. The number of aliphatic hydroxyl groups is 1. The van der Waals surface area contributed by atoms with E-state index < -0.39 is 21.9 Å². The van der Waals surface area contributed by atoms with E-state index in [-0.39, 0.29) is 11.5 Å². The van der Waals surface area contributed by atoms with Gasteiger partial charge in [-0.3, -0.25) is 0 Å². The maximum absolute atomic E-state index is 11.3. The van der Waals surface area contributed by atoms with Crippen molar-refractivity contribution in [1.82, 2.24) is 0 Å². The Bertz CT molecular complexity index is 583. The number of hydrogen-bond acceptors (Lipinski definition) is 3. The lowest BCUT2D eigenvalue weighted by atomic mass is 10.1. The summed E-state index contributed by atoms with van der Waals surface area (Å²) < 4.78 is 22.6. The van der Waals surface area contributed by atoms with Gasteiger partial charge >= 0.3 is 0 Å². The summed E-state index contributed by atoms with van der Waals surface area (Å²) in [5.74, 6) is 4.80. The van der Waals surface area contributed by atoms with Crippen LogP contribution in [0.25, 0.3) is 0 Å². The summed E-state index contributed by atoms with van der Waals surface area (Å²) >= 11 is 5.92. The maximum atomic E-state index is 11.3. The number of sulfone groups is 1. The Kier molecular flexibility index (Phi) is 3.43. The minimum Gasteiger partial charge on any atom is -0.391 e. The van der Waals surface area contributed by atoms with Crippen LogP contribution >= 0.6 is 11.6 Å². The summed E-state index contributed by atoms with van der Waals surface area (Å²) in [6.45, 7) is 0. The number of halogens is 1. The van der Waals surface area contributed by atoms with Gasteiger partial charge in [0.1, 0.15) is 0 Å². The fourth-order valence-electron chi connectivity index (χ4n) is 1.70. The van der Waals surface area contributed by atoms with Gasteiger partial charge in [-0.05, 0) is 12.1 Å². The molecular weight excluding hydrogens is 260 g/mol. The molecule has 0 saturated carbocycles. The average Bonchev–Trinajstić information content (AvgIpc) is 2.51. The van der Waals surface area contributed by atoms with Crippen molar-refractivity contribution >= 4 is 21.4 Å². The number of benzene rings is 1. The zero-order valence-corrected chi connectivity index (χ0v) is 10.5. The van der Waals surface area contributed by atoms with Crippen molar-refractivity contribution in [1.29, 1.82) is 0 Å². The van der Waals surface area contributed by atoms with E-state index >= 15 is 0 Å². The van der Waals surface area contributed by atoms with Gasteiger partial charge in [0, 0.05) is 5.56 Å². The van der Waals surface area contributed by atoms with Gasteiger partial charge < -0.3 is 5.11 Å². The van der Waals surface area contributed by atoms with Crippen LogP contribution in [-0.2, 0) is 9.84 Å². The van der Waals surface area contributed by atoms with Crippen molar-refractivity contribution < 1.29 is 13.5 Å². The van der Waals surface area contributed by atoms with Gasteiger partial charge in [0.15, 0.2) is 9.84 Å². The van der Waals surface area contributed by atoms with Gasteiger partial charge in [0.05, 0.1) is 28.6 Å². The molecule has 3 nitrogen and oxygen atoms in total. The van der Waals surface area contributed by atoms with Crippen molar-refractivity contribution in [2.24, 2.45) is 5.92 Å². The Labute approximate surface area is 105 Å². The van der Waals surface area contributed by atoms with E-state index in [1.165, 1.54) is 0 Å². The molecule has 0 aliphatic carbocycles. The molecule has 1 aromatic carbocycles. The fraction of sp³-hybridized carbons (Fsp3) is 0.333. The summed E-state index contributed by atoms with van der Waals surface area (Å²) in [5.41, 5.74) is 0.644. The first-order valence-corrected chi connectivity index (χ1v) is 7.32. The molecule has 1 fully saturated rings. The van der Waals surface area contributed by atoms with Gasteiger partial charge in [-0.2, -0.15) is 0 Å². The Morgan fingerprint density at radius 2 is 2.00 bits per heavy atom. The number of hydrogen-bond donors (Lipinski definition) is 1. The van der Waals surface area contributed by atoms with Crippen LogP contribution in [0.3, 0.4) is 0 Å². The van der Waals surface area contributed by atoms with Crippen LogP contribution in [0.2, 0.25) is 5.02 Å². The van der Waals surface area contributed by atoms with Crippen molar-refractivity contribution in [3.8, 4) is 11.8 Å². The Hall–Kier alpha value is -1.02. The summed E-state index contributed by atoms with van der Waals surface area (Å²) in [6, 6.07) is 7.07. The van der Waals surface area contributed by atoms with Crippen LogP contribution in [0.4, 0.5) is 0 Å². The zero-order valence-electron chi connectivity index (χ0n) is 8.93. The number of rotatable bonds is 0. The van der Waals surface area contributed by atoms with Crippen LogP contribution in [0.1, 0.15) is 5.56 Å². The first kappa shape index (κ1) is 12.4. The molecule has 1 aliphatic heterocycles. The van der Waals surface area contributed by atoms with Gasteiger partial charge in [-0.1, -0.05) is 35.6 Å². The molecule has 17 heavy (non-hydrogen) atoms. The highest BCUT2D eigenvalue weighted by Gasteiger charge is 2.35. The maximum Gasteiger partial charge on any atom is 0.154 e. The van der Waals surface area contributed by atoms with E-state index in [1.807, 2.05) is 0 Å². The lowest BCUT2D eigenvalue weighted by molar-refractivity contribution is 0.174. The molecule has 2 atom stereocenters. The van der Waals surface area contributed by atoms with E-state index in [9.17, 15) is 13.5 Å². The predicted molar refractivity (Wildman–Crippen MR) is 66.5 cm³/mol. The molecule has 1 aromatic rings. The van der Waals surface area contributed by atoms with E-state index in [2.05, 4.69) is 11.8 Å². The Morgan fingerprint density at radius 1 is 1.29 bits per heavy atom. The first-order valence-electron chi connectivity index (χ1n) is 5.12. The highest BCUT2D eigenvalue weighted by Crippen LogP contribution is 2.19. The van der Waals surface area contributed by atoms with Crippen molar-refractivity contribution in [3.63, 3.8) is 0 Å². The lowest BCUT2D eigenvalue weighted by Crippen LogP contribution is -2.15. The molecule has 0 radical (unpaired) electrons. The second-order valence-corrected chi connectivity index (χ2v) is 6.56. The van der Waals surface area contributed by atoms with Crippen molar-refractivity contribution in [2.45, 2.75) is 6.10 Å². The van der Waals surface area contributed by atoms with Crippen LogP contribution in [0, 0.1) is 17.8 Å². The molecule has 1 saturated heterocycles. The minimum absolute atomic E-state index is 0.0778. The molecule has 0 amide bonds. The average molecular weight is 271 g/mol. The smallest absolute Gasteiger partial charge is 0.154 e. The highest BCUT2D eigenvalue weighted by molar-refractivity contribution is 7.91. The first-order chi connectivity index (χ1) is 7.98. The van der Waals surface area contributed by atoms with Crippen molar-refractivity contribution in [3.05, 3.63) is 34.9 Å². The largest absolute Gasteiger partial charge is 0.391 e. The predicted octanol–water partition coefficient (Wildman–Crippen LogP) is 1.10. The summed E-state index contributed by atoms with van der Waals surface area (Å²) in [4.78, 5) is 0. The van der Waals surface area contributed by atoms with E-state index in [1.54, 1.807) is 24.3 Å². The molecule has 90 valence electrons. The molecule has 0 aromatic heterocycles. The highest BCUT2D eigenvalue weighted by atomic mass is 35.5. The molecule has 0 spiro atoms. The van der Waals surface area contributed by atoms with E-state index in [0.717, 1.165) is 0 Å². The van der Waals surface area contributed by atoms with Gasteiger partial charge in [-0.15, -0.1) is 0 Å². The summed E-state index contributed by atoms with van der Waals surface area (Å²) in [7, 11) is -3.14. The molecule has 1 aliphatic rings. The van der Waals surface area contributed by atoms with E-state index in [0.29, 0.717) is 10.6 Å². The fourth-order valence-corrected chi connectivity index (χ4v) is 3.62. The molecule has 1 N–H and O–H groups in total. The van der Waals surface area contributed by atoms with Crippen molar-refractivity contribution in [2.75, 3.05) is 11.5 Å². The molecule has 5 heteroatoms. The topological polar surface area (TPSA) is 54.4 Å². The third-order valence-corrected chi connectivity index (χ3v) is 4.63. The minimum atomic E-state index is -3.14. The summed E-state index contributed by atoms with van der Waals surface area (Å²) in [6.07, 6.45) is -0.894. The lowest BCUT2D eigenvalue weighted by Gasteiger charge is -2.03. The second-order valence-electron chi connectivity index (χ2n) is 4.00. The Balaban J connectivity index is 2.21. The quantitative estimate of drug-likeness (QED) is 0.718. The van der Waals surface area contributed by atoms with Crippen LogP contribution < -0.4 is 0 Å². The molecule has 0 bridgehead atoms. The zero-order chi connectivity index (χ0) is 12.5. The molecule has 2 rings (SSSR count). The van der Waals surface area contributed by atoms with Gasteiger partial charge in [0.2, 0.25) is 0 Å². The number of aliphatic hydroxyl groups excluding tert-OH is 1. The normalized spacial score (nSPS) is 26.2.